The fourth-order valence-electron chi connectivity index (χ4n) is 15.1. The zero-order valence-corrected chi connectivity index (χ0v) is 39.0. The van der Waals surface area contributed by atoms with Crippen molar-refractivity contribution < 1.29 is 0 Å². The van der Waals surface area contributed by atoms with Crippen LogP contribution in [-0.2, 0) is 32.5 Å². The molecule has 0 atom stereocenters. The van der Waals surface area contributed by atoms with Crippen LogP contribution in [-0.4, -0.2) is 0 Å². The lowest BCUT2D eigenvalue weighted by Gasteiger charge is -2.81. The second-order valence-electron chi connectivity index (χ2n) is 20.8. The van der Waals surface area contributed by atoms with Gasteiger partial charge >= 0.3 is 0 Å². The molecule has 54 heavy (non-hydrogen) atoms. The molecule has 3 aliphatic rings. The second-order valence-corrected chi connectivity index (χ2v) is 20.8. The van der Waals surface area contributed by atoms with Crippen molar-refractivity contribution in [1.82, 2.24) is 0 Å². The average Bonchev–Trinajstić information content (AvgIpc) is 3.19. The summed E-state index contributed by atoms with van der Waals surface area (Å²) in [5.41, 5.74) is 35.1. The Morgan fingerprint density at radius 2 is 0.278 bits per heavy atom. The maximum atomic E-state index is 2.76. The largest absolute Gasteiger partial charge is 0.0537 e. The molecular weight excluding hydrogens is 649 g/mol. The smallest absolute Gasteiger partial charge is 0.0158 e. The van der Waals surface area contributed by atoms with Gasteiger partial charge < -0.3 is 0 Å². The van der Waals surface area contributed by atoms with Gasteiger partial charge in [-0.2, -0.15) is 0 Å². The lowest BCUT2D eigenvalue weighted by Crippen LogP contribution is -2.84. The minimum absolute atomic E-state index is 0.201. The Kier molecular flexibility index (Phi) is 7.85. The quantitative estimate of drug-likeness (QED) is 0.170. The second kappa shape index (κ2) is 10.8. The zero-order chi connectivity index (χ0) is 40.9. The normalized spacial score (nSPS) is 27.1. The summed E-state index contributed by atoms with van der Waals surface area (Å²) < 4.78 is 0. The van der Waals surface area contributed by atoms with Crippen LogP contribution >= 0.6 is 0 Å². The van der Waals surface area contributed by atoms with Crippen LogP contribution in [0.1, 0.15) is 189 Å². The lowest BCUT2D eigenvalue weighted by molar-refractivity contribution is -0.116. The Morgan fingerprint density at radius 3 is 0.407 bits per heavy atom. The molecule has 0 unspecified atom stereocenters. The predicted octanol–water partition coefficient (Wildman–Crippen LogP) is 14.0. The maximum Gasteiger partial charge on any atom is 0.0158 e. The Labute approximate surface area is 331 Å². The average molecular weight is 721 g/mol. The van der Waals surface area contributed by atoms with Gasteiger partial charge in [-0.1, -0.05) is 55.4 Å². The van der Waals surface area contributed by atoms with E-state index in [9.17, 15) is 0 Å². The van der Waals surface area contributed by atoms with Crippen molar-refractivity contribution >= 4 is 0 Å². The highest BCUT2D eigenvalue weighted by molar-refractivity contribution is 5.81. The van der Waals surface area contributed by atoms with Gasteiger partial charge in [0.2, 0.25) is 0 Å². The lowest BCUT2D eigenvalue weighted by atomic mass is 9.21. The third-order valence-electron chi connectivity index (χ3n) is 19.2. The van der Waals surface area contributed by atoms with Crippen molar-refractivity contribution in [2.24, 2.45) is 0 Å². The van der Waals surface area contributed by atoms with Gasteiger partial charge in [-0.25, -0.2) is 0 Å². The first-order valence-electron chi connectivity index (χ1n) is 21.0. The van der Waals surface area contributed by atoms with E-state index in [1.165, 1.54) is 89.0 Å². The molecule has 0 spiro atoms. The van der Waals surface area contributed by atoms with Gasteiger partial charge in [0, 0.05) is 32.5 Å². The molecule has 0 N–H and O–H groups in total. The SMILES string of the molecule is Cc1c(C)c(C)c2c(c1C)C(C)(C)c1c(C)c(C)c(C)c(C)c1C1(C)C2(C)C2(C)c3c(C)c(C)c(C)c(C)c3C(C)(C)c3c(C)c(C)c(C)c(C)c3C12C. The van der Waals surface area contributed by atoms with Gasteiger partial charge in [0.1, 0.15) is 0 Å². The van der Waals surface area contributed by atoms with E-state index in [-0.39, 0.29) is 32.5 Å². The first kappa shape index (κ1) is 39.1. The maximum absolute atomic E-state index is 2.76. The molecule has 0 aromatic heterocycles. The van der Waals surface area contributed by atoms with Crippen molar-refractivity contribution in [3.63, 3.8) is 0 Å². The highest BCUT2D eigenvalue weighted by Gasteiger charge is 2.85. The molecule has 0 aliphatic heterocycles. The van der Waals surface area contributed by atoms with Gasteiger partial charge in [0.25, 0.3) is 0 Å². The molecule has 0 radical (unpaired) electrons. The molecule has 0 bridgehead atoms. The van der Waals surface area contributed by atoms with Crippen LogP contribution in [0.3, 0.4) is 0 Å². The summed E-state index contributed by atoms with van der Waals surface area (Å²) in [5.74, 6) is 0. The molecule has 3 aliphatic carbocycles. The fourth-order valence-corrected chi connectivity index (χ4v) is 15.1. The van der Waals surface area contributed by atoms with E-state index in [0.717, 1.165) is 0 Å². The zero-order valence-electron chi connectivity index (χ0n) is 39.0. The van der Waals surface area contributed by atoms with Crippen LogP contribution in [0.25, 0.3) is 0 Å². The molecule has 1 fully saturated rings. The Balaban J connectivity index is 1.95. The van der Waals surface area contributed by atoms with Gasteiger partial charge in [-0.05, 0) is 244 Å². The first-order valence-corrected chi connectivity index (χ1v) is 21.0. The van der Waals surface area contributed by atoms with Gasteiger partial charge in [0.05, 0.1) is 0 Å². The van der Waals surface area contributed by atoms with Crippen LogP contribution in [0.15, 0.2) is 0 Å². The van der Waals surface area contributed by atoms with Crippen molar-refractivity contribution in [2.45, 2.75) is 199 Å². The van der Waals surface area contributed by atoms with Crippen molar-refractivity contribution in [1.29, 1.82) is 0 Å². The molecule has 0 amide bonds. The van der Waals surface area contributed by atoms with Crippen LogP contribution in [0.5, 0.6) is 0 Å². The molecule has 0 saturated heterocycles. The summed E-state index contributed by atoms with van der Waals surface area (Å²) in [7, 11) is 0. The third-order valence-corrected chi connectivity index (χ3v) is 19.2. The van der Waals surface area contributed by atoms with Crippen LogP contribution in [0.4, 0.5) is 0 Å². The predicted molar refractivity (Wildman–Crippen MR) is 235 cm³/mol. The van der Waals surface area contributed by atoms with E-state index in [0.29, 0.717) is 0 Å². The van der Waals surface area contributed by atoms with Gasteiger partial charge in [0.15, 0.2) is 0 Å². The van der Waals surface area contributed by atoms with E-state index >= 15 is 0 Å². The van der Waals surface area contributed by atoms with E-state index in [4.69, 9.17) is 0 Å². The van der Waals surface area contributed by atoms with Gasteiger partial charge in [-0.3, -0.25) is 0 Å². The molecule has 4 aromatic carbocycles. The summed E-state index contributed by atoms with van der Waals surface area (Å²) in [6.07, 6.45) is 0. The van der Waals surface area contributed by atoms with Crippen LogP contribution in [0, 0.1) is 111 Å². The molecule has 0 heteroatoms. The molecule has 4 aromatic rings. The number of hydrogen-bond acceptors (Lipinski definition) is 0. The summed E-state index contributed by atoms with van der Waals surface area (Å²) in [6, 6.07) is 0. The Hall–Kier alpha value is -3.12. The summed E-state index contributed by atoms with van der Waals surface area (Å²) in [4.78, 5) is 0. The molecular formula is C54H72. The molecule has 0 heterocycles. The molecule has 0 nitrogen and oxygen atoms in total. The number of hydrogen-bond donors (Lipinski definition) is 0. The Morgan fingerprint density at radius 1 is 0.167 bits per heavy atom. The minimum Gasteiger partial charge on any atom is -0.0537 e. The molecule has 7 rings (SSSR count). The summed E-state index contributed by atoms with van der Waals surface area (Å²) >= 11 is 0. The summed E-state index contributed by atoms with van der Waals surface area (Å²) in [5, 5.41) is 0. The van der Waals surface area contributed by atoms with Crippen LogP contribution in [0.2, 0.25) is 0 Å². The summed E-state index contributed by atoms with van der Waals surface area (Å²) in [6.45, 7) is 60.4. The van der Waals surface area contributed by atoms with Crippen molar-refractivity contribution in [2.75, 3.05) is 0 Å². The highest BCUT2D eigenvalue weighted by atomic mass is 14.9. The third kappa shape index (κ3) is 3.58. The van der Waals surface area contributed by atoms with Gasteiger partial charge in [-0.15, -0.1) is 0 Å². The monoisotopic (exact) mass is 721 g/mol. The number of fused-ring (bicyclic) bond motifs is 12. The Bertz CT molecular complexity index is 2080. The fraction of sp³-hybridized carbons (Fsp3) is 0.556. The van der Waals surface area contributed by atoms with E-state index < -0.39 is 0 Å². The highest BCUT2D eigenvalue weighted by Crippen LogP contribution is 2.84. The van der Waals surface area contributed by atoms with Crippen molar-refractivity contribution in [3.05, 3.63) is 134 Å². The van der Waals surface area contributed by atoms with E-state index in [2.05, 4.69) is 166 Å². The number of rotatable bonds is 0. The minimum atomic E-state index is -0.261. The van der Waals surface area contributed by atoms with E-state index in [1.807, 2.05) is 0 Å². The topological polar surface area (TPSA) is 0 Å². The van der Waals surface area contributed by atoms with Crippen LogP contribution < -0.4 is 0 Å². The number of benzene rings is 4. The van der Waals surface area contributed by atoms with Crippen molar-refractivity contribution in [3.8, 4) is 0 Å². The first-order chi connectivity index (χ1) is 24.5. The molecule has 1 saturated carbocycles. The molecule has 288 valence electrons. The van der Waals surface area contributed by atoms with E-state index in [1.54, 1.807) is 44.5 Å². The standard InChI is InChI=1S/C54H72/c1-25-29(5)37(13)45-41(33(25)9)49(17,18)42-34(10)26(2)30(6)38(14)46(42)52(22)51(45,21)53(23)47-39(15)31(7)27(3)35(11)43(47)50(19,20)44-36(12)28(4)32(8)40(16)48(44)54(52,53)24/h1-24H3.